The van der Waals surface area contributed by atoms with Crippen LogP contribution in [0.4, 0.5) is 15.0 Å². The number of carbonyl (C=O) groups is 1. The summed E-state index contributed by atoms with van der Waals surface area (Å²) in [5, 5.41) is 18.8. The predicted molar refractivity (Wildman–Crippen MR) is 74.2 cm³/mol. The van der Waals surface area contributed by atoms with Crippen LogP contribution in [0.3, 0.4) is 0 Å². The summed E-state index contributed by atoms with van der Waals surface area (Å²) in [5.41, 5.74) is 0.515. The summed E-state index contributed by atoms with van der Waals surface area (Å²) in [6.45, 7) is 3.35. The zero-order chi connectivity index (χ0) is 15.4. The molecule has 1 aromatic heterocycles. The van der Waals surface area contributed by atoms with Gasteiger partial charge in [0.05, 0.1) is 12.1 Å². The van der Waals surface area contributed by atoms with Crippen molar-refractivity contribution in [3.05, 3.63) is 47.5 Å². The second-order valence-electron chi connectivity index (χ2n) is 4.71. The van der Waals surface area contributed by atoms with E-state index in [0.29, 0.717) is 11.3 Å². The predicted octanol–water partition coefficient (Wildman–Crippen LogP) is 2.37. The van der Waals surface area contributed by atoms with E-state index in [1.165, 1.54) is 24.3 Å². The molecular weight excluding hydrogens is 277 g/mol. The molecule has 0 aliphatic heterocycles. The van der Waals surface area contributed by atoms with Gasteiger partial charge in [0.1, 0.15) is 11.6 Å². The lowest BCUT2D eigenvalue weighted by Gasteiger charge is -2.20. The Kier molecular flexibility index (Phi) is 4.54. The molecule has 2 aromatic rings. The van der Waals surface area contributed by atoms with Crippen LogP contribution in [0.1, 0.15) is 24.4 Å². The van der Waals surface area contributed by atoms with E-state index in [9.17, 15) is 14.3 Å². The van der Waals surface area contributed by atoms with Gasteiger partial charge < -0.3 is 14.9 Å². The van der Waals surface area contributed by atoms with Gasteiger partial charge in [0.2, 0.25) is 0 Å². The zero-order valence-electron chi connectivity index (χ0n) is 11.6. The number of urea groups is 1. The van der Waals surface area contributed by atoms with Gasteiger partial charge >= 0.3 is 6.03 Å². The van der Waals surface area contributed by atoms with Crippen molar-refractivity contribution in [2.75, 3.05) is 5.32 Å². The van der Waals surface area contributed by atoms with E-state index < -0.39 is 18.2 Å². The van der Waals surface area contributed by atoms with Gasteiger partial charge in [0, 0.05) is 6.07 Å². The standard InChI is InChI=1S/C14H16FN3O3/c1-8-7-12(18-21-8)17-14(20)16-9(2)13(19)10-3-5-11(15)6-4-10/h3-7,9,13,19H,1-2H3,(H2,16,17,18,20)/t9-,13-/m0/s1. The molecular formula is C14H16FN3O3. The second kappa shape index (κ2) is 6.36. The van der Waals surface area contributed by atoms with E-state index in [-0.39, 0.29) is 11.6 Å². The molecule has 0 spiro atoms. The number of benzene rings is 1. The molecule has 0 aliphatic carbocycles. The number of rotatable bonds is 4. The molecule has 112 valence electrons. The van der Waals surface area contributed by atoms with Crippen LogP contribution in [0.25, 0.3) is 0 Å². The summed E-state index contributed by atoms with van der Waals surface area (Å²) in [4.78, 5) is 11.7. The van der Waals surface area contributed by atoms with Crippen molar-refractivity contribution in [1.29, 1.82) is 0 Å². The van der Waals surface area contributed by atoms with E-state index in [0.717, 1.165) is 0 Å². The lowest BCUT2D eigenvalue weighted by molar-refractivity contribution is 0.139. The van der Waals surface area contributed by atoms with Crippen LogP contribution in [0, 0.1) is 12.7 Å². The van der Waals surface area contributed by atoms with Crippen molar-refractivity contribution in [2.24, 2.45) is 0 Å². The Labute approximate surface area is 120 Å². The summed E-state index contributed by atoms with van der Waals surface area (Å²) in [5.74, 6) is 0.476. The highest BCUT2D eigenvalue weighted by molar-refractivity contribution is 5.88. The van der Waals surface area contributed by atoms with Gasteiger partial charge in [-0.25, -0.2) is 9.18 Å². The lowest BCUT2D eigenvalue weighted by atomic mass is 10.0. The monoisotopic (exact) mass is 293 g/mol. The van der Waals surface area contributed by atoms with Crippen molar-refractivity contribution >= 4 is 11.8 Å². The number of hydrogen-bond acceptors (Lipinski definition) is 4. The van der Waals surface area contributed by atoms with Crippen LogP contribution in [-0.2, 0) is 0 Å². The van der Waals surface area contributed by atoms with Gasteiger partial charge in [0.25, 0.3) is 0 Å². The number of carbonyl (C=O) groups excluding carboxylic acids is 1. The number of aromatic nitrogens is 1. The first kappa shape index (κ1) is 15.0. The third-order valence-electron chi connectivity index (χ3n) is 2.91. The maximum Gasteiger partial charge on any atom is 0.320 e. The van der Waals surface area contributed by atoms with Crippen LogP contribution in [-0.4, -0.2) is 22.3 Å². The van der Waals surface area contributed by atoms with Gasteiger partial charge in [0.15, 0.2) is 5.82 Å². The van der Waals surface area contributed by atoms with E-state index in [1.807, 2.05) is 0 Å². The minimum atomic E-state index is -0.949. The number of amides is 2. The molecule has 2 rings (SSSR count). The van der Waals surface area contributed by atoms with Crippen molar-refractivity contribution in [2.45, 2.75) is 26.0 Å². The first-order valence-corrected chi connectivity index (χ1v) is 6.40. The number of hydrogen-bond donors (Lipinski definition) is 3. The average Bonchev–Trinajstić information content (AvgIpc) is 2.83. The quantitative estimate of drug-likeness (QED) is 0.807. The topological polar surface area (TPSA) is 87.4 Å². The molecule has 3 N–H and O–H groups in total. The summed E-state index contributed by atoms with van der Waals surface area (Å²) in [6, 6.07) is 5.93. The maximum absolute atomic E-state index is 12.8. The second-order valence-corrected chi connectivity index (χ2v) is 4.71. The molecule has 6 nitrogen and oxygen atoms in total. The molecule has 0 saturated carbocycles. The summed E-state index contributed by atoms with van der Waals surface area (Å²) in [7, 11) is 0. The molecule has 1 heterocycles. The molecule has 0 fully saturated rings. The fraction of sp³-hybridized carbons (Fsp3) is 0.286. The summed E-state index contributed by atoms with van der Waals surface area (Å²) < 4.78 is 17.6. The number of anilines is 1. The molecule has 0 radical (unpaired) electrons. The van der Waals surface area contributed by atoms with E-state index in [1.54, 1.807) is 19.9 Å². The minimum Gasteiger partial charge on any atom is -0.386 e. The number of aryl methyl sites for hydroxylation is 1. The molecule has 7 heteroatoms. The van der Waals surface area contributed by atoms with Crippen LogP contribution in [0.2, 0.25) is 0 Å². The van der Waals surface area contributed by atoms with Crippen molar-refractivity contribution in [3.63, 3.8) is 0 Å². The number of halogens is 1. The molecule has 0 unspecified atom stereocenters. The van der Waals surface area contributed by atoms with Crippen LogP contribution >= 0.6 is 0 Å². The van der Waals surface area contributed by atoms with Crippen molar-refractivity contribution in [1.82, 2.24) is 10.5 Å². The third kappa shape index (κ3) is 4.03. The van der Waals surface area contributed by atoms with Crippen LogP contribution in [0.5, 0.6) is 0 Å². The average molecular weight is 293 g/mol. The van der Waals surface area contributed by atoms with E-state index in [4.69, 9.17) is 4.52 Å². The largest absolute Gasteiger partial charge is 0.386 e. The van der Waals surface area contributed by atoms with Crippen LogP contribution < -0.4 is 10.6 Å². The Morgan fingerprint density at radius 2 is 2.05 bits per heavy atom. The van der Waals surface area contributed by atoms with Crippen molar-refractivity contribution in [3.8, 4) is 0 Å². The Bertz CT molecular complexity index is 612. The van der Waals surface area contributed by atoms with Gasteiger partial charge in [-0.3, -0.25) is 5.32 Å². The maximum atomic E-state index is 12.8. The number of aliphatic hydroxyl groups is 1. The molecule has 21 heavy (non-hydrogen) atoms. The van der Waals surface area contributed by atoms with Gasteiger partial charge in [-0.15, -0.1) is 0 Å². The highest BCUT2D eigenvalue weighted by Crippen LogP contribution is 2.17. The lowest BCUT2D eigenvalue weighted by Crippen LogP contribution is -2.39. The normalized spacial score (nSPS) is 13.5. The summed E-state index contributed by atoms with van der Waals surface area (Å²) in [6.07, 6.45) is -0.949. The molecule has 2 atom stereocenters. The Hall–Kier alpha value is -2.41. The van der Waals surface area contributed by atoms with E-state index in [2.05, 4.69) is 15.8 Å². The zero-order valence-corrected chi connectivity index (χ0v) is 11.6. The Morgan fingerprint density at radius 3 is 2.62 bits per heavy atom. The molecule has 0 bridgehead atoms. The summed E-state index contributed by atoms with van der Waals surface area (Å²) >= 11 is 0. The third-order valence-corrected chi connectivity index (χ3v) is 2.91. The van der Waals surface area contributed by atoms with Crippen LogP contribution in [0.15, 0.2) is 34.9 Å². The highest BCUT2D eigenvalue weighted by atomic mass is 19.1. The SMILES string of the molecule is Cc1cc(NC(=O)N[C@@H](C)[C@H](O)c2ccc(F)cc2)no1. The first-order chi connectivity index (χ1) is 9.95. The van der Waals surface area contributed by atoms with Gasteiger partial charge in [-0.2, -0.15) is 0 Å². The fourth-order valence-corrected chi connectivity index (χ4v) is 1.81. The smallest absolute Gasteiger partial charge is 0.320 e. The number of nitrogens with zero attached hydrogens (tertiary/aromatic N) is 1. The highest BCUT2D eigenvalue weighted by Gasteiger charge is 2.19. The van der Waals surface area contributed by atoms with E-state index >= 15 is 0 Å². The first-order valence-electron chi connectivity index (χ1n) is 6.40. The Balaban J connectivity index is 1.92. The molecule has 2 amide bonds. The Morgan fingerprint density at radius 1 is 1.38 bits per heavy atom. The fourth-order valence-electron chi connectivity index (χ4n) is 1.81. The van der Waals surface area contributed by atoms with Gasteiger partial charge in [-0.1, -0.05) is 17.3 Å². The van der Waals surface area contributed by atoms with Crippen molar-refractivity contribution < 1.29 is 18.8 Å². The molecule has 0 saturated heterocycles. The minimum absolute atomic E-state index is 0.286. The molecule has 1 aromatic carbocycles. The number of nitrogens with one attached hydrogen (secondary N) is 2. The van der Waals surface area contributed by atoms with Gasteiger partial charge in [-0.05, 0) is 31.5 Å². The number of aliphatic hydroxyl groups excluding tert-OH is 1. The molecule has 0 aliphatic rings.